The van der Waals surface area contributed by atoms with Crippen molar-refractivity contribution in [3.63, 3.8) is 0 Å². The van der Waals surface area contributed by atoms with Crippen LogP contribution in [0, 0.1) is 0 Å². The van der Waals surface area contributed by atoms with Crippen molar-refractivity contribution in [2.75, 3.05) is 13.3 Å². The third-order valence-corrected chi connectivity index (χ3v) is 1.55. The first-order chi connectivity index (χ1) is 5.58. The Hall–Kier alpha value is -0.170. The molecular weight excluding hydrogens is 207 g/mol. The average molecular weight is 212 g/mol. The molecule has 0 aromatic heterocycles. The van der Waals surface area contributed by atoms with Crippen molar-refractivity contribution < 1.29 is 36.4 Å². The summed E-state index contributed by atoms with van der Waals surface area (Å²) in [5, 5.41) is 0. The van der Waals surface area contributed by atoms with Gasteiger partial charge in [-0.1, -0.05) is 9.46 Å². The lowest BCUT2D eigenvalue weighted by atomic mass is 10.5. The lowest BCUT2D eigenvalue weighted by Crippen LogP contribution is -2.11. The van der Waals surface area contributed by atoms with Crippen LogP contribution < -0.4 is 0 Å². The summed E-state index contributed by atoms with van der Waals surface area (Å²) in [5.74, 6) is 0. The summed E-state index contributed by atoms with van der Waals surface area (Å²) in [5.41, 5.74) is 0. The van der Waals surface area contributed by atoms with Crippen LogP contribution in [-0.2, 0) is 18.5 Å². The molecule has 0 rings (SSSR count). The summed E-state index contributed by atoms with van der Waals surface area (Å²) in [6.07, 6.45) is -2.14. The second kappa shape index (κ2) is 5.47. The van der Waals surface area contributed by atoms with E-state index in [9.17, 15) is 22.4 Å². The second-order valence-corrected chi connectivity index (χ2v) is 3.06. The van der Waals surface area contributed by atoms with E-state index in [1.807, 2.05) is 0 Å². The maximum Gasteiger partial charge on any atom is 0.537 e. The molecule has 0 aromatic rings. The molecule has 0 spiro atoms. The largest absolute Gasteiger partial charge is 0.537 e. The van der Waals surface area contributed by atoms with Crippen LogP contribution in [0.2, 0.25) is 0 Å². The molecule has 0 saturated carbocycles. The molecule has 74 valence electrons. The van der Waals surface area contributed by atoms with Gasteiger partial charge in [0, 0.05) is 0 Å². The van der Waals surface area contributed by atoms with Crippen LogP contribution in [0.25, 0.3) is 0 Å². The van der Waals surface area contributed by atoms with E-state index in [0.717, 1.165) is 0 Å². The highest BCUT2D eigenvalue weighted by Crippen LogP contribution is 2.50. The summed E-state index contributed by atoms with van der Waals surface area (Å²) in [6.45, 7) is -2.56. The van der Waals surface area contributed by atoms with E-state index >= 15 is 0 Å². The van der Waals surface area contributed by atoms with E-state index < -0.39 is 27.3 Å². The molecule has 0 fully saturated rings. The smallest absolute Gasteiger partial charge is 0.280 e. The molecule has 4 nitrogen and oxygen atoms in total. The normalized spacial score (nSPS) is 14.7. The number of hydrogen-bond donors (Lipinski definition) is 0. The van der Waals surface area contributed by atoms with Gasteiger partial charge >= 0.3 is 7.82 Å². The van der Waals surface area contributed by atoms with Gasteiger partial charge in [0.1, 0.15) is 6.67 Å². The van der Waals surface area contributed by atoms with Crippen LogP contribution in [-0.4, -0.2) is 19.5 Å². The molecule has 1 unspecified atom stereocenters. The fourth-order valence-electron chi connectivity index (χ4n) is 0.267. The fourth-order valence-corrected chi connectivity index (χ4v) is 0.713. The summed E-state index contributed by atoms with van der Waals surface area (Å²) in [4.78, 5) is 0. The standard InChI is InChI=1S/C3H5F4O4P/c4-1-3(5)2-9-12(8,10-6)11-7/h3H,1-2H2. The van der Waals surface area contributed by atoms with Crippen molar-refractivity contribution in [2.45, 2.75) is 6.17 Å². The molecule has 0 bridgehead atoms. The van der Waals surface area contributed by atoms with E-state index in [4.69, 9.17) is 0 Å². The van der Waals surface area contributed by atoms with Crippen molar-refractivity contribution in [1.29, 1.82) is 0 Å². The molecule has 0 aromatic carbocycles. The quantitative estimate of drug-likeness (QED) is 0.500. The minimum Gasteiger partial charge on any atom is -0.280 e. The average Bonchev–Trinajstić information content (AvgIpc) is 2.13. The van der Waals surface area contributed by atoms with Crippen molar-refractivity contribution in [2.24, 2.45) is 0 Å². The Morgan fingerprint density at radius 3 is 2.17 bits per heavy atom. The predicted octanol–water partition coefficient (Wildman–Crippen LogP) is 2.22. The lowest BCUT2D eigenvalue weighted by molar-refractivity contribution is -0.120. The second-order valence-electron chi connectivity index (χ2n) is 1.63. The Morgan fingerprint density at radius 1 is 1.33 bits per heavy atom. The summed E-state index contributed by atoms with van der Waals surface area (Å²) < 4.78 is 64.3. The van der Waals surface area contributed by atoms with Crippen LogP contribution in [0.4, 0.5) is 17.8 Å². The van der Waals surface area contributed by atoms with Gasteiger partial charge in [0.15, 0.2) is 6.17 Å². The van der Waals surface area contributed by atoms with Gasteiger partial charge in [-0.3, -0.25) is 4.52 Å². The third kappa shape index (κ3) is 4.01. The van der Waals surface area contributed by atoms with E-state index in [0.29, 0.717) is 0 Å². The molecule has 0 aliphatic rings. The van der Waals surface area contributed by atoms with Crippen LogP contribution >= 0.6 is 7.82 Å². The monoisotopic (exact) mass is 212 g/mol. The Labute approximate surface area is 64.8 Å². The van der Waals surface area contributed by atoms with E-state index in [2.05, 4.69) is 14.0 Å². The van der Waals surface area contributed by atoms with Gasteiger partial charge < -0.3 is 0 Å². The number of rotatable bonds is 6. The van der Waals surface area contributed by atoms with Gasteiger partial charge in [0.05, 0.1) is 6.61 Å². The van der Waals surface area contributed by atoms with E-state index in [1.165, 1.54) is 0 Å². The number of hydrogen-bond acceptors (Lipinski definition) is 4. The number of alkyl halides is 2. The van der Waals surface area contributed by atoms with Crippen LogP contribution in [0.3, 0.4) is 0 Å². The molecule has 0 N–H and O–H groups in total. The molecule has 0 aliphatic heterocycles. The third-order valence-electron chi connectivity index (χ3n) is 0.750. The first-order valence-corrected chi connectivity index (χ1v) is 4.09. The molecule has 0 amide bonds. The first-order valence-electron chi connectivity index (χ1n) is 2.63. The topological polar surface area (TPSA) is 44.8 Å². The van der Waals surface area contributed by atoms with Crippen LogP contribution in [0.1, 0.15) is 0 Å². The molecular formula is C3H5F4O4P. The highest BCUT2D eigenvalue weighted by atomic mass is 31.2. The zero-order valence-electron chi connectivity index (χ0n) is 5.58. The molecule has 0 radical (unpaired) electrons. The Kier molecular flexibility index (Phi) is 5.39. The van der Waals surface area contributed by atoms with Gasteiger partial charge in [-0.15, -0.1) is 0 Å². The molecule has 0 saturated heterocycles. The summed E-state index contributed by atoms with van der Waals surface area (Å²) in [7, 11) is -4.99. The number of phosphoric acid groups is 1. The Balaban J connectivity index is 3.81. The van der Waals surface area contributed by atoms with Crippen molar-refractivity contribution >= 4 is 7.82 Å². The maximum absolute atomic E-state index is 12.0. The maximum atomic E-state index is 12.0. The molecule has 1 atom stereocenters. The van der Waals surface area contributed by atoms with Gasteiger partial charge in [-0.2, -0.15) is 0 Å². The van der Waals surface area contributed by atoms with Gasteiger partial charge in [0.2, 0.25) is 0 Å². The summed E-state index contributed by atoms with van der Waals surface area (Å²) in [6, 6.07) is 0. The van der Waals surface area contributed by atoms with Gasteiger partial charge in [-0.05, 0) is 9.05 Å². The van der Waals surface area contributed by atoms with E-state index in [-0.39, 0.29) is 0 Å². The molecule has 9 heteroatoms. The molecule has 12 heavy (non-hydrogen) atoms. The highest BCUT2D eigenvalue weighted by Gasteiger charge is 2.31. The molecule has 0 heterocycles. The van der Waals surface area contributed by atoms with Crippen molar-refractivity contribution in [3.8, 4) is 0 Å². The van der Waals surface area contributed by atoms with Crippen molar-refractivity contribution in [3.05, 3.63) is 0 Å². The Morgan fingerprint density at radius 2 is 1.83 bits per heavy atom. The Bertz CT molecular complexity index is 158. The predicted molar refractivity (Wildman–Crippen MR) is 28.8 cm³/mol. The van der Waals surface area contributed by atoms with Gasteiger partial charge in [-0.25, -0.2) is 13.3 Å². The highest BCUT2D eigenvalue weighted by molar-refractivity contribution is 7.48. The first kappa shape index (κ1) is 11.8. The number of halogens is 4. The lowest BCUT2D eigenvalue weighted by Gasteiger charge is -2.07. The van der Waals surface area contributed by atoms with Gasteiger partial charge in [0.25, 0.3) is 0 Å². The van der Waals surface area contributed by atoms with Crippen LogP contribution in [0.15, 0.2) is 0 Å². The minimum atomic E-state index is -4.99. The fraction of sp³-hybridized carbons (Fsp3) is 1.00. The minimum absolute atomic E-state index is 1.12. The van der Waals surface area contributed by atoms with E-state index in [1.54, 1.807) is 0 Å². The SMILES string of the molecule is O=P(OF)(OF)OCC(F)CF. The molecule has 0 aliphatic carbocycles. The summed E-state index contributed by atoms with van der Waals surface area (Å²) >= 11 is 0. The van der Waals surface area contributed by atoms with Crippen molar-refractivity contribution in [1.82, 2.24) is 0 Å². The van der Waals surface area contributed by atoms with Crippen LogP contribution in [0.5, 0.6) is 0 Å². The zero-order valence-corrected chi connectivity index (χ0v) is 6.48. The zero-order chi connectivity index (χ0) is 9.61.